The second-order valence-electron chi connectivity index (χ2n) is 9.27. The molecule has 2 heterocycles. The molecule has 1 unspecified atom stereocenters. The predicted molar refractivity (Wildman–Crippen MR) is 148 cm³/mol. The highest BCUT2D eigenvalue weighted by Gasteiger charge is 2.29. The first-order chi connectivity index (χ1) is 18.1. The molecule has 2 aromatic carbocycles. The predicted octanol–water partition coefficient (Wildman–Crippen LogP) is 3.25. The number of carbonyl (C=O) groups is 2. The number of hydrogen-bond donors (Lipinski definition) is 1. The van der Waals surface area contributed by atoms with Crippen molar-refractivity contribution in [2.75, 3.05) is 25.9 Å². The number of nitrogens with zero attached hydrogens (tertiary/aromatic N) is 3. The summed E-state index contributed by atoms with van der Waals surface area (Å²) in [6.45, 7) is 1.03. The molecule has 3 aromatic rings. The largest absolute Gasteiger partial charge is 0.459 e. The summed E-state index contributed by atoms with van der Waals surface area (Å²) >= 11 is 7.53. The fourth-order valence-corrected chi connectivity index (χ4v) is 7.24. The van der Waals surface area contributed by atoms with Gasteiger partial charge < -0.3 is 14.4 Å². The van der Waals surface area contributed by atoms with Crippen LogP contribution in [0.3, 0.4) is 0 Å². The molecule has 9 nitrogen and oxygen atoms in total. The normalized spacial score (nSPS) is 16.1. The molecule has 0 spiro atoms. The smallest absolute Gasteiger partial charge is 0.223 e. The number of amides is 1. The number of ether oxygens (including phenoxy) is 1. The lowest BCUT2D eigenvalue weighted by Crippen LogP contribution is -2.38. The number of piperidine rings is 1. The molecule has 2 N–H and O–H groups in total. The monoisotopic (exact) mass is 578 g/mol. The van der Waals surface area contributed by atoms with E-state index in [-0.39, 0.29) is 35.3 Å². The Balaban J connectivity index is 1.38. The van der Waals surface area contributed by atoms with E-state index in [1.807, 2.05) is 11.6 Å². The molecule has 204 valence electrons. The van der Waals surface area contributed by atoms with E-state index in [1.165, 1.54) is 11.3 Å². The summed E-state index contributed by atoms with van der Waals surface area (Å²) in [5.41, 5.74) is 5.94. The van der Waals surface area contributed by atoms with Crippen molar-refractivity contribution in [1.29, 1.82) is 0 Å². The van der Waals surface area contributed by atoms with Crippen LogP contribution in [0.5, 0.6) is 5.88 Å². The van der Waals surface area contributed by atoms with Crippen molar-refractivity contribution in [1.82, 2.24) is 9.47 Å². The molecule has 38 heavy (non-hydrogen) atoms. The molecular formula is C26H31ClN4O5S2. The van der Waals surface area contributed by atoms with Crippen LogP contribution in [0.2, 0.25) is 5.02 Å². The molecule has 0 bridgehead atoms. The zero-order chi connectivity index (χ0) is 27.4. The van der Waals surface area contributed by atoms with Crippen molar-refractivity contribution < 1.29 is 22.7 Å². The standard InChI is InChI=1S/C26H31ClN4O5S2/c1-29-26-30(2)25(36-22(28)9-13-32)24(37-26)17-7-11-31(12-8-17)23(33)10-14-38(34,35)21-6-4-18-15-20(27)5-3-19(18)16-21/h3-6,13,15-17,22H,7-12,14,28H2,1-2H3/b29-26-. The van der Waals surface area contributed by atoms with Gasteiger partial charge in [-0.15, -0.1) is 0 Å². The van der Waals surface area contributed by atoms with Gasteiger partial charge in [-0.1, -0.05) is 35.1 Å². The van der Waals surface area contributed by atoms with Crippen LogP contribution in [0.1, 0.15) is 36.5 Å². The SMILES string of the molecule is C/N=c1\sc(C2CCN(C(=O)CCS(=O)(=O)c3ccc4cc(Cl)ccc4c3)CC2)c(OC(N)CC=O)n1C. The van der Waals surface area contributed by atoms with E-state index in [4.69, 9.17) is 22.1 Å². The number of hydrogen-bond acceptors (Lipinski definition) is 8. The van der Waals surface area contributed by atoms with Gasteiger partial charge in [0.25, 0.3) is 0 Å². The Morgan fingerprint density at radius 3 is 2.61 bits per heavy atom. The average Bonchev–Trinajstić information content (AvgIpc) is 3.22. The average molecular weight is 579 g/mol. The van der Waals surface area contributed by atoms with Crippen molar-refractivity contribution in [2.24, 2.45) is 17.8 Å². The van der Waals surface area contributed by atoms with Crippen LogP contribution in [0.15, 0.2) is 46.3 Å². The third kappa shape index (κ3) is 6.28. The maximum Gasteiger partial charge on any atom is 0.223 e. The van der Waals surface area contributed by atoms with Crippen LogP contribution in [0.25, 0.3) is 10.8 Å². The molecule has 1 amide bonds. The molecule has 1 saturated heterocycles. The van der Waals surface area contributed by atoms with Gasteiger partial charge in [-0.2, -0.15) is 0 Å². The highest BCUT2D eigenvalue weighted by atomic mass is 35.5. The van der Waals surface area contributed by atoms with Crippen LogP contribution in [0.4, 0.5) is 0 Å². The van der Waals surface area contributed by atoms with Gasteiger partial charge in [0.15, 0.2) is 20.9 Å². The van der Waals surface area contributed by atoms with Crippen molar-refractivity contribution in [3.63, 3.8) is 0 Å². The Hall–Kier alpha value is -2.73. The fraction of sp³-hybridized carbons (Fsp3) is 0.423. The van der Waals surface area contributed by atoms with Crippen molar-refractivity contribution in [3.05, 3.63) is 51.1 Å². The first-order valence-electron chi connectivity index (χ1n) is 12.3. The summed E-state index contributed by atoms with van der Waals surface area (Å²) in [4.78, 5) is 31.7. The van der Waals surface area contributed by atoms with Gasteiger partial charge in [0, 0.05) is 44.5 Å². The van der Waals surface area contributed by atoms with Crippen LogP contribution in [-0.4, -0.2) is 62.2 Å². The Kier molecular flexibility index (Phi) is 8.92. The van der Waals surface area contributed by atoms with E-state index in [9.17, 15) is 18.0 Å². The lowest BCUT2D eigenvalue weighted by atomic mass is 9.95. The summed E-state index contributed by atoms with van der Waals surface area (Å²) < 4.78 is 33.6. The van der Waals surface area contributed by atoms with E-state index in [0.717, 1.165) is 26.7 Å². The van der Waals surface area contributed by atoms with Gasteiger partial charge in [0.05, 0.1) is 21.9 Å². The molecular weight excluding hydrogens is 548 g/mol. The molecule has 1 fully saturated rings. The van der Waals surface area contributed by atoms with E-state index in [2.05, 4.69) is 4.99 Å². The molecule has 0 aliphatic carbocycles. The Morgan fingerprint density at radius 1 is 1.24 bits per heavy atom. The summed E-state index contributed by atoms with van der Waals surface area (Å²) in [6, 6.07) is 10.2. The zero-order valence-electron chi connectivity index (χ0n) is 21.3. The maximum absolute atomic E-state index is 12.9. The molecule has 1 aromatic heterocycles. The van der Waals surface area contributed by atoms with E-state index in [1.54, 1.807) is 48.3 Å². The minimum atomic E-state index is -3.62. The van der Waals surface area contributed by atoms with Crippen LogP contribution < -0.4 is 15.3 Å². The van der Waals surface area contributed by atoms with Gasteiger partial charge in [-0.05, 0) is 47.9 Å². The second-order valence-corrected chi connectivity index (χ2v) is 12.8. The Labute approximate surface area is 230 Å². The number of sulfone groups is 1. The third-order valence-corrected chi connectivity index (χ3v) is 10.0. The molecule has 1 atom stereocenters. The van der Waals surface area contributed by atoms with E-state index >= 15 is 0 Å². The number of benzene rings is 2. The number of fused-ring (bicyclic) bond motifs is 1. The summed E-state index contributed by atoms with van der Waals surface area (Å²) in [6.07, 6.45) is 1.39. The van der Waals surface area contributed by atoms with Gasteiger partial charge in [0.2, 0.25) is 11.8 Å². The number of carbonyl (C=O) groups excluding carboxylic acids is 2. The van der Waals surface area contributed by atoms with E-state index < -0.39 is 16.1 Å². The van der Waals surface area contributed by atoms with Crippen LogP contribution in [0, 0.1) is 0 Å². The molecule has 1 aliphatic rings. The van der Waals surface area contributed by atoms with E-state index in [0.29, 0.717) is 36.8 Å². The number of likely N-dealkylation sites (tertiary alicyclic amines) is 1. The first kappa shape index (κ1) is 28.3. The fourth-order valence-electron chi connectivity index (χ4n) is 4.62. The second kappa shape index (κ2) is 12.0. The van der Waals surface area contributed by atoms with Crippen molar-refractivity contribution in [3.8, 4) is 5.88 Å². The molecule has 4 rings (SSSR count). The minimum Gasteiger partial charge on any atom is -0.459 e. The minimum absolute atomic E-state index is 0.0760. The van der Waals surface area contributed by atoms with Gasteiger partial charge >= 0.3 is 0 Å². The highest BCUT2D eigenvalue weighted by Crippen LogP contribution is 2.37. The lowest BCUT2D eigenvalue weighted by Gasteiger charge is -2.32. The van der Waals surface area contributed by atoms with Crippen LogP contribution in [-0.2, 0) is 26.5 Å². The van der Waals surface area contributed by atoms with Gasteiger partial charge in [-0.3, -0.25) is 20.1 Å². The van der Waals surface area contributed by atoms with Gasteiger partial charge in [0.1, 0.15) is 6.29 Å². The van der Waals surface area contributed by atoms with Gasteiger partial charge in [-0.25, -0.2) is 8.42 Å². The maximum atomic E-state index is 12.9. The number of nitrogens with two attached hydrogens (primary N) is 1. The number of thiazole rings is 1. The molecule has 12 heteroatoms. The number of aromatic nitrogens is 1. The molecule has 0 radical (unpaired) electrons. The topological polar surface area (TPSA) is 124 Å². The van der Waals surface area contributed by atoms with Crippen LogP contribution >= 0.6 is 22.9 Å². The quantitative estimate of drug-likeness (QED) is 0.307. The number of halogens is 1. The Morgan fingerprint density at radius 2 is 1.92 bits per heavy atom. The Bertz CT molecular complexity index is 1510. The molecule has 0 saturated carbocycles. The van der Waals surface area contributed by atoms with Crippen molar-refractivity contribution >= 4 is 55.7 Å². The molecule has 1 aliphatic heterocycles. The summed E-state index contributed by atoms with van der Waals surface area (Å²) in [7, 11) is -0.0771. The number of aldehydes is 1. The lowest BCUT2D eigenvalue weighted by molar-refractivity contribution is -0.131. The van der Waals surface area contributed by atoms with Crippen molar-refractivity contribution in [2.45, 2.75) is 42.7 Å². The third-order valence-electron chi connectivity index (χ3n) is 6.72. The number of rotatable bonds is 9. The zero-order valence-corrected chi connectivity index (χ0v) is 23.7. The highest BCUT2D eigenvalue weighted by molar-refractivity contribution is 7.91. The summed E-state index contributed by atoms with van der Waals surface area (Å²) in [5.74, 6) is 0.308. The first-order valence-corrected chi connectivity index (χ1v) is 15.2. The summed E-state index contributed by atoms with van der Waals surface area (Å²) in [5, 5.41) is 2.22.